The van der Waals surface area contributed by atoms with Crippen LogP contribution in [0.4, 0.5) is 0 Å². The first-order valence-electron chi connectivity index (χ1n) is 5.54. The van der Waals surface area contributed by atoms with Crippen LogP contribution in [-0.2, 0) is 4.74 Å². The van der Waals surface area contributed by atoms with Crippen LogP contribution < -0.4 is 0 Å². The molecule has 0 amide bonds. The summed E-state index contributed by atoms with van der Waals surface area (Å²) in [5, 5.41) is 9.11. The van der Waals surface area contributed by atoms with Crippen LogP contribution >= 0.6 is 15.9 Å². The van der Waals surface area contributed by atoms with Gasteiger partial charge in [0, 0.05) is 4.47 Å². The second-order valence-electron chi connectivity index (χ2n) is 3.84. The molecule has 0 saturated heterocycles. The molecule has 19 heavy (non-hydrogen) atoms. The number of rotatable bonds is 2. The number of methoxy groups -OCH3 is 1. The van der Waals surface area contributed by atoms with Crippen molar-refractivity contribution in [2.45, 2.75) is 0 Å². The van der Waals surface area contributed by atoms with E-state index < -0.39 is 5.97 Å². The average Bonchev–Trinajstić information content (AvgIpc) is 2.47. The zero-order valence-corrected chi connectivity index (χ0v) is 11.8. The number of hydrogen-bond acceptors (Lipinski definition) is 3. The number of halogens is 1. The summed E-state index contributed by atoms with van der Waals surface area (Å²) in [5.74, 6) is -0.414. The Morgan fingerprint density at radius 3 is 2.68 bits per heavy atom. The topological polar surface area (TPSA) is 50.1 Å². The van der Waals surface area contributed by atoms with Gasteiger partial charge in [-0.25, -0.2) is 4.79 Å². The van der Waals surface area contributed by atoms with Gasteiger partial charge in [-0.15, -0.1) is 0 Å². The first kappa shape index (κ1) is 13.3. The van der Waals surface area contributed by atoms with Crippen LogP contribution in [0.2, 0.25) is 0 Å². The van der Waals surface area contributed by atoms with E-state index in [0.29, 0.717) is 15.6 Å². The molecule has 2 aromatic rings. The van der Waals surface area contributed by atoms with E-state index in [2.05, 4.69) is 22.0 Å². The molecular weight excluding hydrogens is 306 g/mol. The van der Waals surface area contributed by atoms with Gasteiger partial charge in [0.05, 0.1) is 24.3 Å². The molecule has 2 rings (SSSR count). The van der Waals surface area contributed by atoms with E-state index in [9.17, 15) is 4.79 Å². The molecule has 0 bridgehead atoms. The quantitative estimate of drug-likeness (QED) is 0.792. The molecule has 0 unspecified atom stereocenters. The molecule has 0 saturated carbocycles. The lowest BCUT2D eigenvalue weighted by molar-refractivity contribution is 0.0599. The van der Waals surface area contributed by atoms with Gasteiger partial charge in [0.15, 0.2) is 0 Å². The van der Waals surface area contributed by atoms with E-state index in [-0.39, 0.29) is 0 Å². The van der Waals surface area contributed by atoms with Crippen LogP contribution in [0.5, 0.6) is 0 Å². The number of carbonyl (C=O) groups excluding carboxylic acids is 1. The third-order valence-electron chi connectivity index (χ3n) is 2.73. The molecule has 0 spiro atoms. The number of nitriles is 1. The largest absolute Gasteiger partial charge is 0.465 e. The van der Waals surface area contributed by atoms with Gasteiger partial charge in [0.25, 0.3) is 0 Å². The minimum Gasteiger partial charge on any atom is -0.465 e. The molecule has 0 fully saturated rings. The van der Waals surface area contributed by atoms with E-state index in [1.807, 2.05) is 24.3 Å². The van der Waals surface area contributed by atoms with Gasteiger partial charge in [-0.05, 0) is 45.3 Å². The van der Waals surface area contributed by atoms with Crippen LogP contribution in [0.25, 0.3) is 11.1 Å². The second kappa shape index (κ2) is 5.68. The molecular formula is C15H10BrNO2. The summed E-state index contributed by atoms with van der Waals surface area (Å²) in [6, 6.07) is 14.7. The van der Waals surface area contributed by atoms with Gasteiger partial charge in [-0.1, -0.05) is 24.3 Å². The van der Waals surface area contributed by atoms with E-state index in [1.54, 1.807) is 18.2 Å². The molecule has 0 aliphatic heterocycles. The summed E-state index contributed by atoms with van der Waals surface area (Å²) in [6.45, 7) is 0. The number of carbonyl (C=O) groups is 1. The van der Waals surface area contributed by atoms with Gasteiger partial charge < -0.3 is 4.74 Å². The Labute approximate surface area is 119 Å². The lowest BCUT2D eigenvalue weighted by Crippen LogP contribution is -2.02. The van der Waals surface area contributed by atoms with Crippen molar-refractivity contribution in [3.63, 3.8) is 0 Å². The summed E-state index contributed by atoms with van der Waals surface area (Å²) >= 11 is 3.31. The Morgan fingerprint density at radius 2 is 2.00 bits per heavy atom. The van der Waals surface area contributed by atoms with Crippen LogP contribution in [-0.4, -0.2) is 13.1 Å². The molecule has 94 valence electrons. The maximum atomic E-state index is 11.7. The zero-order valence-electron chi connectivity index (χ0n) is 10.2. The lowest BCUT2D eigenvalue weighted by atomic mass is 9.99. The third-order valence-corrected chi connectivity index (χ3v) is 3.42. The van der Waals surface area contributed by atoms with Crippen molar-refractivity contribution in [1.82, 2.24) is 0 Å². The number of esters is 1. The highest BCUT2D eigenvalue weighted by molar-refractivity contribution is 9.10. The summed E-state index contributed by atoms with van der Waals surface area (Å²) in [5.41, 5.74) is 2.61. The van der Waals surface area contributed by atoms with Gasteiger partial charge in [0.2, 0.25) is 0 Å². The van der Waals surface area contributed by atoms with E-state index >= 15 is 0 Å². The van der Waals surface area contributed by atoms with Crippen molar-refractivity contribution in [2.75, 3.05) is 7.11 Å². The smallest absolute Gasteiger partial charge is 0.339 e. The van der Waals surface area contributed by atoms with Crippen LogP contribution in [0.15, 0.2) is 46.9 Å². The fourth-order valence-corrected chi connectivity index (χ4v) is 2.20. The van der Waals surface area contributed by atoms with Crippen molar-refractivity contribution in [2.24, 2.45) is 0 Å². The van der Waals surface area contributed by atoms with E-state index in [0.717, 1.165) is 11.1 Å². The summed E-state index contributed by atoms with van der Waals surface area (Å²) in [7, 11) is 1.34. The van der Waals surface area contributed by atoms with Gasteiger partial charge in [0.1, 0.15) is 0 Å². The second-order valence-corrected chi connectivity index (χ2v) is 4.70. The number of hydrogen-bond donors (Lipinski definition) is 0. The molecule has 4 heteroatoms. The minimum absolute atomic E-state index is 0.414. The summed E-state index contributed by atoms with van der Waals surface area (Å²) in [4.78, 5) is 11.7. The lowest BCUT2D eigenvalue weighted by Gasteiger charge is -2.08. The molecule has 0 aliphatic rings. The van der Waals surface area contributed by atoms with Crippen LogP contribution in [0.3, 0.4) is 0 Å². The predicted molar refractivity (Wildman–Crippen MR) is 75.6 cm³/mol. The van der Waals surface area contributed by atoms with Gasteiger partial charge >= 0.3 is 5.97 Å². The molecule has 0 aromatic heterocycles. The van der Waals surface area contributed by atoms with Crippen LogP contribution in [0.1, 0.15) is 15.9 Å². The van der Waals surface area contributed by atoms with Crippen molar-refractivity contribution in [3.8, 4) is 17.2 Å². The Hall–Kier alpha value is -2.12. The number of nitrogens with zero attached hydrogens (tertiary/aromatic N) is 1. The minimum atomic E-state index is -0.414. The predicted octanol–water partition coefficient (Wildman–Crippen LogP) is 3.77. The maximum absolute atomic E-state index is 11.7. The number of ether oxygens (including phenoxy) is 1. The maximum Gasteiger partial charge on any atom is 0.339 e. The van der Waals surface area contributed by atoms with Crippen molar-refractivity contribution in [3.05, 3.63) is 58.1 Å². The Balaban J connectivity index is 2.59. The Morgan fingerprint density at radius 1 is 1.26 bits per heavy atom. The highest BCUT2D eigenvalue weighted by atomic mass is 79.9. The van der Waals surface area contributed by atoms with Crippen molar-refractivity contribution >= 4 is 21.9 Å². The standard InChI is InChI=1S/C15H10BrNO2/c1-19-15(18)13-8-10(6-7-14(13)16)12-5-3-2-4-11(12)9-17/h2-8H,1H3. The molecule has 0 heterocycles. The van der Waals surface area contributed by atoms with Crippen molar-refractivity contribution < 1.29 is 9.53 Å². The summed E-state index contributed by atoms with van der Waals surface area (Å²) in [6.07, 6.45) is 0. The van der Waals surface area contributed by atoms with Crippen LogP contribution in [0, 0.1) is 11.3 Å². The third kappa shape index (κ3) is 2.67. The molecule has 0 atom stereocenters. The molecule has 0 radical (unpaired) electrons. The normalized spacial score (nSPS) is 9.74. The van der Waals surface area contributed by atoms with E-state index in [4.69, 9.17) is 10.00 Å². The fourth-order valence-electron chi connectivity index (χ4n) is 1.79. The molecule has 0 N–H and O–H groups in total. The fraction of sp³-hybridized carbons (Fsp3) is 0.0667. The molecule has 2 aromatic carbocycles. The van der Waals surface area contributed by atoms with E-state index in [1.165, 1.54) is 7.11 Å². The first-order valence-corrected chi connectivity index (χ1v) is 6.34. The summed E-state index contributed by atoms with van der Waals surface area (Å²) < 4.78 is 5.39. The van der Waals surface area contributed by atoms with Gasteiger partial charge in [-0.3, -0.25) is 0 Å². The highest BCUT2D eigenvalue weighted by Gasteiger charge is 2.13. The monoisotopic (exact) mass is 315 g/mol. The SMILES string of the molecule is COC(=O)c1cc(-c2ccccc2C#N)ccc1Br. The molecule has 0 aliphatic carbocycles. The Bertz CT molecular complexity index is 674. The highest BCUT2D eigenvalue weighted by Crippen LogP contribution is 2.28. The average molecular weight is 316 g/mol. The molecule has 3 nitrogen and oxygen atoms in total. The van der Waals surface area contributed by atoms with Crippen molar-refractivity contribution in [1.29, 1.82) is 5.26 Å². The zero-order chi connectivity index (χ0) is 13.8. The van der Waals surface area contributed by atoms with Gasteiger partial charge in [-0.2, -0.15) is 5.26 Å². The number of benzene rings is 2. The first-order chi connectivity index (χ1) is 9.17. The Kier molecular flexibility index (Phi) is 3.98.